The summed E-state index contributed by atoms with van der Waals surface area (Å²) in [5.74, 6) is -2.71. The van der Waals surface area contributed by atoms with Crippen LogP contribution in [0.25, 0.3) is 21.5 Å². The van der Waals surface area contributed by atoms with Crippen LogP contribution < -0.4 is 4.90 Å². The molecule has 3 heterocycles. The molecule has 4 aromatic carbocycles. The second-order valence-corrected chi connectivity index (χ2v) is 27.0. The molecule has 0 aromatic heterocycles. The standard InChI is InChI=1S/C51H59N3O23S5/c1-50(2)43(9-6-5-7-10-44-51(3,18-8-28-78(58,59)60)49-38-30-34(80(64,65)66)32-42(82(70,71)72)36(38)12-14-40(49)53(44)19-22-73-4)52(39-13-11-35-37(48(39)50)29-33(79(61,62)63)31-41(35)81(67,68)69)20-23-75-25-27-76-26-24-74-21-17-47(57)77-54-45(55)15-16-46(54)56/h5-7,9-14,29-32H,8,15-28H2,1-4H3,(H4-,58,59,60,61,62,63,64,65,66,67,68,69,70,71,72)/p+1. The van der Waals surface area contributed by atoms with Crippen LogP contribution in [0.4, 0.5) is 11.4 Å². The molecule has 0 saturated carbocycles. The van der Waals surface area contributed by atoms with Gasteiger partial charge in [0.1, 0.15) is 16.4 Å². The van der Waals surface area contributed by atoms with Crippen molar-refractivity contribution in [2.75, 3.05) is 77.1 Å². The quantitative estimate of drug-likeness (QED) is 0.0180. The molecule has 3 aliphatic heterocycles. The fourth-order valence-corrected chi connectivity index (χ4v) is 13.6. The number of methoxy groups -OCH3 is 1. The number of fused-ring (bicyclic) bond motifs is 6. The van der Waals surface area contributed by atoms with Crippen LogP contribution in [0, 0.1) is 0 Å². The highest BCUT2D eigenvalue weighted by atomic mass is 32.2. The number of nitrogens with zero attached hydrogens (tertiary/aromatic N) is 3. The van der Waals surface area contributed by atoms with Crippen LogP contribution in [-0.4, -0.2) is 170 Å². The number of hydroxylamine groups is 2. The van der Waals surface area contributed by atoms with Gasteiger partial charge < -0.3 is 28.7 Å². The van der Waals surface area contributed by atoms with E-state index >= 15 is 0 Å². The van der Waals surface area contributed by atoms with Gasteiger partial charge in [-0.05, 0) is 92.4 Å². The van der Waals surface area contributed by atoms with Crippen LogP contribution in [-0.2, 0) is 99.6 Å². The van der Waals surface area contributed by atoms with E-state index in [0.717, 1.165) is 12.1 Å². The van der Waals surface area contributed by atoms with Crippen LogP contribution in [0.2, 0.25) is 0 Å². The molecule has 1 unspecified atom stereocenters. The molecular weight excluding hydrogens is 1180 g/mol. The van der Waals surface area contributed by atoms with Crippen LogP contribution in [0.1, 0.15) is 64.0 Å². The Morgan fingerprint density at radius 2 is 1.18 bits per heavy atom. The molecule has 0 aliphatic carbocycles. The second-order valence-electron chi connectivity index (χ2n) is 19.8. The van der Waals surface area contributed by atoms with Gasteiger partial charge >= 0.3 is 5.97 Å². The van der Waals surface area contributed by atoms with Gasteiger partial charge in [-0.25, -0.2) is 4.79 Å². The largest absolute Gasteiger partial charge is 0.383 e. The molecular formula is C51H60N3O23S5+. The van der Waals surface area contributed by atoms with E-state index in [2.05, 4.69) is 0 Å². The van der Waals surface area contributed by atoms with Crippen molar-refractivity contribution in [1.29, 1.82) is 0 Å². The van der Waals surface area contributed by atoms with Gasteiger partial charge in [-0.3, -0.25) is 32.4 Å². The maximum absolute atomic E-state index is 12.7. The van der Waals surface area contributed by atoms with Gasteiger partial charge in [0.25, 0.3) is 62.4 Å². The van der Waals surface area contributed by atoms with Gasteiger partial charge in [0.15, 0.2) is 12.3 Å². The molecule has 5 N–H and O–H groups in total. The smallest absolute Gasteiger partial charge is 0.335 e. The summed E-state index contributed by atoms with van der Waals surface area (Å²) in [5.41, 5.74) is 0.252. The molecule has 3 aliphatic rings. The molecule has 0 radical (unpaired) electrons. The van der Waals surface area contributed by atoms with Crippen LogP contribution in [0.5, 0.6) is 0 Å². The summed E-state index contributed by atoms with van der Waals surface area (Å²) < 4.78 is 200. The lowest BCUT2D eigenvalue weighted by Crippen LogP contribution is -2.32. The number of amides is 2. The normalized spacial score (nSPS) is 18.4. The van der Waals surface area contributed by atoms with Crippen molar-refractivity contribution in [2.45, 2.75) is 83.3 Å². The van der Waals surface area contributed by atoms with Gasteiger partial charge in [0, 0.05) is 71.8 Å². The third-order valence-electron chi connectivity index (χ3n) is 14.0. The van der Waals surface area contributed by atoms with E-state index < -0.39 is 105 Å². The van der Waals surface area contributed by atoms with E-state index in [1.165, 1.54) is 19.2 Å². The summed E-state index contributed by atoms with van der Waals surface area (Å²) in [5, 5.41) is 0.349. The van der Waals surface area contributed by atoms with E-state index in [-0.39, 0.29) is 113 Å². The summed E-state index contributed by atoms with van der Waals surface area (Å²) in [7, 11) is -23.3. The maximum atomic E-state index is 12.7. The monoisotopic (exact) mass is 1240 g/mol. The molecule has 0 spiro atoms. The van der Waals surface area contributed by atoms with Gasteiger partial charge in [-0.1, -0.05) is 24.3 Å². The lowest BCUT2D eigenvalue weighted by atomic mass is 9.75. The Kier molecular flexibility index (Phi) is 19.2. The Bertz CT molecular complexity index is 3930. The summed E-state index contributed by atoms with van der Waals surface area (Å²) in [6.45, 7) is 6.09. The number of anilines is 1. The molecule has 1 atom stereocenters. The molecule has 31 heteroatoms. The van der Waals surface area contributed by atoms with Crippen molar-refractivity contribution < 1.29 is 108 Å². The minimum Gasteiger partial charge on any atom is -0.383 e. The Hall–Kier alpha value is -5.91. The summed E-state index contributed by atoms with van der Waals surface area (Å²) in [4.78, 5) is 38.7. The van der Waals surface area contributed by atoms with Crippen molar-refractivity contribution in [3.63, 3.8) is 0 Å². The van der Waals surface area contributed by atoms with Crippen molar-refractivity contribution in [3.8, 4) is 0 Å². The third kappa shape index (κ3) is 14.2. The summed E-state index contributed by atoms with van der Waals surface area (Å²) in [6.07, 6.45) is 7.82. The highest BCUT2D eigenvalue weighted by Gasteiger charge is 2.47. The highest BCUT2D eigenvalue weighted by molar-refractivity contribution is 7.87. The SMILES string of the molecule is COCCN1C(=CC=CC=CC2=[N+](CCOCCOCCOCCC(=O)ON3C(=O)CCC3=O)c3ccc4c(S(=O)(=O)O)cc(S(=O)(=O)O)cc4c3C2(C)C)C(C)(CCCS(=O)(=O)O)c2c1ccc1c(S(=O)(=O)O)cc(S(=O)(=O)O)cc21. The summed E-state index contributed by atoms with van der Waals surface area (Å²) >= 11 is 0. The number of carbonyl (C=O) groups excluding carboxylic acids is 3. The average Bonchev–Trinajstić information content (AvgIpc) is 1.73. The number of imide groups is 1. The molecule has 1 saturated heterocycles. The van der Waals surface area contributed by atoms with E-state index in [1.54, 1.807) is 68.2 Å². The molecule has 1 fully saturated rings. The fraction of sp³-hybridized carbons (Fsp3) is 0.412. The van der Waals surface area contributed by atoms with E-state index in [9.17, 15) is 79.2 Å². The molecule has 82 heavy (non-hydrogen) atoms. The molecule has 446 valence electrons. The molecule has 2 amide bonds. The van der Waals surface area contributed by atoms with Crippen LogP contribution in [0.15, 0.2) is 104 Å². The van der Waals surface area contributed by atoms with E-state index in [0.29, 0.717) is 51.1 Å². The number of allylic oxidation sites excluding steroid dienone is 6. The molecule has 7 rings (SSSR count). The zero-order valence-corrected chi connectivity index (χ0v) is 48.7. The zero-order valence-electron chi connectivity index (χ0n) is 44.6. The highest BCUT2D eigenvalue weighted by Crippen LogP contribution is 2.54. The van der Waals surface area contributed by atoms with Gasteiger partial charge in [0.05, 0.1) is 67.0 Å². The topological polar surface area (TPSA) is 379 Å². The molecule has 26 nitrogen and oxygen atoms in total. The predicted molar refractivity (Wildman–Crippen MR) is 293 cm³/mol. The summed E-state index contributed by atoms with van der Waals surface area (Å²) in [6, 6.07) is 9.30. The number of hydrogen-bond acceptors (Lipinski definition) is 19. The first-order chi connectivity index (χ1) is 38.2. The van der Waals surface area contributed by atoms with Crippen molar-refractivity contribution in [2.24, 2.45) is 0 Å². The van der Waals surface area contributed by atoms with Crippen molar-refractivity contribution >= 4 is 107 Å². The third-order valence-corrected chi connectivity index (χ3v) is 18.2. The Morgan fingerprint density at radius 3 is 1.72 bits per heavy atom. The van der Waals surface area contributed by atoms with Crippen LogP contribution in [0.3, 0.4) is 0 Å². The fourth-order valence-electron chi connectivity index (χ4n) is 10.4. The zero-order chi connectivity index (χ0) is 60.4. The van der Waals surface area contributed by atoms with E-state index in [1.807, 2.05) is 4.58 Å². The number of benzene rings is 4. The minimum atomic E-state index is -5.12. The average molecular weight is 1240 g/mol. The van der Waals surface area contributed by atoms with Gasteiger partial charge in [-0.15, -0.1) is 5.06 Å². The predicted octanol–water partition coefficient (Wildman–Crippen LogP) is 4.49. The second kappa shape index (κ2) is 24.7. The number of carbonyl (C=O) groups is 3. The number of rotatable bonds is 27. The molecule has 0 bridgehead atoms. The van der Waals surface area contributed by atoms with Gasteiger partial charge in [0.2, 0.25) is 5.69 Å². The Morgan fingerprint density at radius 1 is 0.646 bits per heavy atom. The minimum absolute atomic E-state index is 0.0152. The number of ether oxygens (including phenoxy) is 4. The van der Waals surface area contributed by atoms with Crippen molar-refractivity contribution in [3.05, 3.63) is 95.7 Å². The first-order valence-electron chi connectivity index (χ1n) is 25.0. The Balaban J connectivity index is 1.20. The van der Waals surface area contributed by atoms with Gasteiger partial charge in [-0.2, -0.15) is 46.7 Å². The lowest BCUT2D eigenvalue weighted by molar-refractivity contribution is -0.442. The van der Waals surface area contributed by atoms with E-state index in [4.69, 9.17) is 23.8 Å². The lowest BCUT2D eigenvalue weighted by Gasteiger charge is -2.30. The first kappa shape index (κ1) is 63.7. The maximum Gasteiger partial charge on any atom is 0.335 e. The molecule has 4 aromatic rings. The van der Waals surface area contributed by atoms with Crippen molar-refractivity contribution in [1.82, 2.24) is 5.06 Å². The first-order valence-corrected chi connectivity index (χ1v) is 32.4. The Labute approximate surface area is 473 Å². The van der Waals surface area contributed by atoms with Crippen LogP contribution >= 0.6 is 0 Å². The number of hydrogen-bond donors (Lipinski definition) is 5.